The summed E-state index contributed by atoms with van der Waals surface area (Å²) in [6.07, 6.45) is 1.03. The molecule has 1 aromatic carbocycles. The Labute approximate surface area is 176 Å². The molecule has 2 rings (SSSR count). The number of imidazole rings is 1. The first kappa shape index (κ1) is 24.5. The van der Waals surface area contributed by atoms with Gasteiger partial charge in [-0.25, -0.2) is 4.98 Å². The van der Waals surface area contributed by atoms with Crippen molar-refractivity contribution in [3.05, 3.63) is 46.9 Å². The fourth-order valence-electron chi connectivity index (χ4n) is 2.61. The fourth-order valence-corrected chi connectivity index (χ4v) is 3.36. The van der Waals surface area contributed by atoms with E-state index in [2.05, 4.69) is 49.6 Å². The standard InChI is InChI=1S/C14H14N4O2S.C7H17N/c1-9-14(21(2)16)18-13(17-9)12(20-8-19)11-5-3-4-10(6-11)7-15;1-6(2)8(5)7(3)4/h3-6,8,12,16H,1-2H3,(H,17,18);6-7H,1-5H3. The molecule has 0 aliphatic heterocycles. The number of H-pyrrole nitrogens is 1. The number of nitrogens with one attached hydrogen (secondary N) is 2. The quantitative estimate of drug-likeness (QED) is 0.663. The maximum absolute atomic E-state index is 10.8. The van der Waals surface area contributed by atoms with E-state index in [1.54, 1.807) is 30.5 Å². The van der Waals surface area contributed by atoms with Crippen LogP contribution in [0.1, 0.15) is 56.4 Å². The van der Waals surface area contributed by atoms with Crippen LogP contribution in [-0.4, -0.2) is 46.7 Å². The van der Waals surface area contributed by atoms with Gasteiger partial charge >= 0.3 is 0 Å². The molecule has 2 N–H and O–H groups in total. The lowest BCUT2D eigenvalue weighted by atomic mass is 10.1. The average molecular weight is 418 g/mol. The van der Waals surface area contributed by atoms with Crippen molar-refractivity contribution in [1.82, 2.24) is 14.9 Å². The van der Waals surface area contributed by atoms with Crippen LogP contribution in [0.15, 0.2) is 29.3 Å². The lowest BCUT2D eigenvalue weighted by Crippen LogP contribution is -2.32. The summed E-state index contributed by atoms with van der Waals surface area (Å²) in [4.78, 5) is 20.5. The molecule has 0 spiro atoms. The molecular formula is C21H31N5O2S. The minimum Gasteiger partial charge on any atom is -0.451 e. The zero-order valence-electron chi connectivity index (χ0n) is 18.2. The maximum Gasteiger partial charge on any atom is 0.294 e. The van der Waals surface area contributed by atoms with E-state index < -0.39 is 16.8 Å². The number of aromatic amines is 1. The SMILES string of the molecule is CC(C)N(C)C(C)C.Cc1[nH]c(C(OC=O)c2cccc(C#N)c2)nc1S(C)=N. The molecule has 0 saturated carbocycles. The lowest BCUT2D eigenvalue weighted by molar-refractivity contribution is -0.132. The molecular weight excluding hydrogens is 386 g/mol. The van der Waals surface area contributed by atoms with Gasteiger partial charge in [0, 0.05) is 23.3 Å². The van der Waals surface area contributed by atoms with Crippen LogP contribution >= 0.6 is 0 Å². The molecule has 7 nitrogen and oxygen atoms in total. The molecule has 0 aliphatic carbocycles. The average Bonchev–Trinajstić information content (AvgIpc) is 3.07. The van der Waals surface area contributed by atoms with Crippen LogP contribution in [0.2, 0.25) is 0 Å². The Morgan fingerprint density at radius 2 is 1.93 bits per heavy atom. The van der Waals surface area contributed by atoms with Gasteiger partial charge < -0.3 is 14.6 Å². The summed E-state index contributed by atoms with van der Waals surface area (Å²) in [6.45, 7) is 11.0. The van der Waals surface area contributed by atoms with Crippen LogP contribution in [0, 0.1) is 23.0 Å². The number of rotatable bonds is 7. The highest BCUT2D eigenvalue weighted by Gasteiger charge is 2.21. The number of nitrogens with zero attached hydrogens (tertiary/aromatic N) is 3. The summed E-state index contributed by atoms with van der Waals surface area (Å²) < 4.78 is 12.9. The second-order valence-electron chi connectivity index (χ2n) is 7.27. The molecule has 158 valence electrons. The van der Waals surface area contributed by atoms with Crippen LogP contribution in [0.4, 0.5) is 0 Å². The number of ether oxygens (including phenoxy) is 1. The molecule has 0 amide bonds. The Hall–Kier alpha value is -2.50. The summed E-state index contributed by atoms with van der Waals surface area (Å²) in [6, 6.07) is 10.2. The van der Waals surface area contributed by atoms with Gasteiger partial charge in [-0.3, -0.25) is 9.57 Å². The van der Waals surface area contributed by atoms with E-state index in [0.717, 1.165) is 5.69 Å². The second kappa shape index (κ2) is 11.5. The highest BCUT2D eigenvalue weighted by atomic mass is 32.2. The Morgan fingerprint density at radius 1 is 1.31 bits per heavy atom. The molecule has 29 heavy (non-hydrogen) atoms. The van der Waals surface area contributed by atoms with Crippen LogP contribution < -0.4 is 0 Å². The topological polar surface area (TPSA) is 106 Å². The first-order chi connectivity index (χ1) is 13.6. The van der Waals surface area contributed by atoms with E-state index in [9.17, 15) is 4.79 Å². The largest absolute Gasteiger partial charge is 0.451 e. The van der Waals surface area contributed by atoms with Crippen LogP contribution in [0.3, 0.4) is 0 Å². The molecule has 0 aliphatic rings. The molecule has 1 aromatic heterocycles. The fraction of sp³-hybridized carbons (Fsp3) is 0.476. The minimum atomic E-state index is -0.741. The number of aryl methyl sites for hydroxylation is 1. The summed E-state index contributed by atoms with van der Waals surface area (Å²) in [5.41, 5.74) is 1.91. The highest BCUT2D eigenvalue weighted by Crippen LogP contribution is 2.25. The predicted molar refractivity (Wildman–Crippen MR) is 116 cm³/mol. The molecule has 0 radical (unpaired) electrons. The predicted octanol–water partition coefficient (Wildman–Crippen LogP) is 3.96. The molecule has 8 heteroatoms. The Kier molecular flexibility index (Phi) is 9.72. The van der Waals surface area contributed by atoms with Crippen molar-refractivity contribution in [3.8, 4) is 6.07 Å². The smallest absolute Gasteiger partial charge is 0.294 e. The Morgan fingerprint density at radius 3 is 2.34 bits per heavy atom. The monoisotopic (exact) mass is 417 g/mol. The van der Waals surface area contributed by atoms with Crippen LogP contribution in [0.5, 0.6) is 0 Å². The number of benzene rings is 1. The summed E-state index contributed by atoms with van der Waals surface area (Å²) in [5, 5.41) is 9.60. The number of carbonyl (C=O) groups is 1. The third-order valence-corrected chi connectivity index (χ3v) is 5.51. The Balaban J connectivity index is 0.000000447. The maximum atomic E-state index is 10.8. The zero-order chi connectivity index (χ0) is 22.1. The van der Waals surface area contributed by atoms with Gasteiger partial charge in [0.25, 0.3) is 6.47 Å². The van der Waals surface area contributed by atoms with Crippen molar-refractivity contribution in [2.24, 2.45) is 0 Å². The highest BCUT2D eigenvalue weighted by molar-refractivity contribution is 7.85. The van der Waals surface area contributed by atoms with E-state index in [0.29, 0.717) is 40.5 Å². The van der Waals surface area contributed by atoms with Crippen molar-refractivity contribution in [1.29, 1.82) is 10.0 Å². The zero-order valence-corrected chi connectivity index (χ0v) is 19.0. The van der Waals surface area contributed by atoms with Crippen molar-refractivity contribution >= 4 is 17.2 Å². The van der Waals surface area contributed by atoms with Gasteiger partial charge in [0.2, 0.25) is 0 Å². The molecule has 2 aromatic rings. The number of aromatic nitrogens is 2. The third kappa shape index (κ3) is 7.11. The van der Waals surface area contributed by atoms with E-state index in [-0.39, 0.29) is 0 Å². The van der Waals surface area contributed by atoms with Gasteiger partial charge in [-0.05, 0) is 60.1 Å². The van der Waals surface area contributed by atoms with Crippen LogP contribution in [-0.2, 0) is 20.2 Å². The van der Waals surface area contributed by atoms with Gasteiger partial charge in [-0.1, -0.05) is 22.8 Å². The molecule has 2 atom stereocenters. The van der Waals surface area contributed by atoms with Crippen LogP contribution in [0.25, 0.3) is 0 Å². The molecule has 0 saturated heterocycles. The van der Waals surface area contributed by atoms with Gasteiger partial charge in [0.05, 0.1) is 11.6 Å². The summed E-state index contributed by atoms with van der Waals surface area (Å²) in [5.74, 6) is 0.455. The molecule has 2 unspecified atom stereocenters. The molecule has 1 heterocycles. The third-order valence-electron chi connectivity index (χ3n) is 4.54. The van der Waals surface area contributed by atoms with E-state index in [1.807, 2.05) is 13.0 Å². The van der Waals surface area contributed by atoms with Gasteiger partial charge in [-0.2, -0.15) is 5.26 Å². The van der Waals surface area contributed by atoms with Crippen molar-refractivity contribution < 1.29 is 9.53 Å². The number of nitriles is 1. The Bertz CT molecular complexity index is 862. The van der Waals surface area contributed by atoms with Gasteiger partial charge in [0.15, 0.2) is 11.9 Å². The second-order valence-corrected chi connectivity index (χ2v) is 8.67. The lowest BCUT2D eigenvalue weighted by Gasteiger charge is -2.24. The summed E-state index contributed by atoms with van der Waals surface area (Å²) >= 11 is 0. The normalized spacial score (nSPS) is 12.9. The van der Waals surface area contributed by atoms with E-state index in [4.69, 9.17) is 14.8 Å². The summed E-state index contributed by atoms with van der Waals surface area (Å²) in [7, 11) is 1.41. The van der Waals surface area contributed by atoms with Gasteiger partial charge in [0.1, 0.15) is 5.03 Å². The minimum absolute atomic E-state index is 0.355. The first-order valence-corrected chi connectivity index (χ1v) is 11.0. The number of hydrogen-bond acceptors (Lipinski definition) is 6. The number of carbonyl (C=O) groups excluding carboxylic acids is 1. The molecule has 0 fully saturated rings. The number of hydrogen-bond donors (Lipinski definition) is 2. The van der Waals surface area contributed by atoms with Crippen molar-refractivity contribution in [3.63, 3.8) is 0 Å². The van der Waals surface area contributed by atoms with Gasteiger partial charge in [-0.15, -0.1) is 0 Å². The van der Waals surface area contributed by atoms with Crippen molar-refractivity contribution in [2.75, 3.05) is 13.3 Å². The first-order valence-electron chi connectivity index (χ1n) is 9.37. The van der Waals surface area contributed by atoms with E-state index >= 15 is 0 Å². The van der Waals surface area contributed by atoms with Crippen molar-refractivity contribution in [2.45, 2.75) is 57.8 Å². The molecule has 0 bridgehead atoms. The van der Waals surface area contributed by atoms with E-state index in [1.165, 1.54) is 0 Å².